The van der Waals surface area contributed by atoms with Gasteiger partial charge in [0, 0.05) is 26.7 Å². The lowest BCUT2D eigenvalue weighted by Gasteiger charge is -2.30. The highest BCUT2D eigenvalue weighted by Gasteiger charge is 2.21. The van der Waals surface area contributed by atoms with E-state index in [2.05, 4.69) is 9.74 Å². The molecule has 0 amide bonds. The van der Waals surface area contributed by atoms with Crippen molar-refractivity contribution in [2.75, 3.05) is 33.4 Å². The van der Waals surface area contributed by atoms with Crippen LogP contribution in [-0.2, 0) is 9.57 Å². The third kappa shape index (κ3) is 6.58. The molecule has 16 heavy (non-hydrogen) atoms. The van der Waals surface area contributed by atoms with Crippen molar-refractivity contribution in [2.24, 2.45) is 0 Å². The first-order valence-electron chi connectivity index (χ1n) is 5.75. The van der Waals surface area contributed by atoms with E-state index in [1.165, 1.54) is 0 Å². The molecule has 6 nitrogen and oxygen atoms in total. The Hall–Kier alpha value is -0.880. The highest BCUT2D eigenvalue weighted by Crippen LogP contribution is 2.13. The first kappa shape index (κ1) is 15.1. The number of hydrogen-bond donors (Lipinski definition) is 0. The number of hydrogen-bond acceptors (Lipinski definition) is 5. The lowest BCUT2D eigenvalue weighted by molar-refractivity contribution is -0.769. The van der Waals surface area contributed by atoms with Crippen LogP contribution in [0.1, 0.15) is 26.7 Å². The molecule has 0 N–H and O–H groups in total. The molecule has 0 unspecified atom stereocenters. The van der Waals surface area contributed by atoms with E-state index in [4.69, 9.17) is 4.74 Å². The summed E-state index contributed by atoms with van der Waals surface area (Å²) in [7, 11) is 1.67. The first-order chi connectivity index (χ1) is 7.72. The zero-order valence-corrected chi connectivity index (χ0v) is 10.3. The van der Waals surface area contributed by atoms with Crippen molar-refractivity contribution in [3.8, 4) is 0 Å². The largest absolute Gasteiger partial charge is 0.383 e. The van der Waals surface area contributed by atoms with Crippen LogP contribution in [0.3, 0.4) is 0 Å². The fraction of sp³-hybridized carbons (Fsp3) is 1.00. The Bertz CT molecular complexity index is 182. The van der Waals surface area contributed by atoms with Crippen molar-refractivity contribution in [1.29, 1.82) is 0 Å². The van der Waals surface area contributed by atoms with Crippen molar-refractivity contribution in [2.45, 2.75) is 32.8 Å². The van der Waals surface area contributed by atoms with E-state index in [9.17, 15) is 10.1 Å². The summed E-state index contributed by atoms with van der Waals surface area (Å²) >= 11 is 0. The molecule has 0 bridgehead atoms. The Balaban J connectivity index is 0.00000106. The van der Waals surface area contributed by atoms with Crippen LogP contribution in [0.15, 0.2) is 0 Å². The minimum Gasteiger partial charge on any atom is -0.383 e. The molecule has 1 fully saturated rings. The van der Waals surface area contributed by atoms with Gasteiger partial charge in [0.05, 0.1) is 6.61 Å². The van der Waals surface area contributed by atoms with E-state index in [1.807, 2.05) is 13.8 Å². The summed E-state index contributed by atoms with van der Waals surface area (Å²) in [6.45, 7) is 7.30. The minimum absolute atomic E-state index is 0.219. The van der Waals surface area contributed by atoms with Gasteiger partial charge in [-0.2, -0.15) is 0 Å². The smallest absolute Gasteiger partial charge is 0.294 e. The van der Waals surface area contributed by atoms with Crippen LogP contribution in [0.2, 0.25) is 0 Å². The van der Waals surface area contributed by atoms with Crippen molar-refractivity contribution in [1.82, 2.24) is 4.90 Å². The molecular formula is C10H22N2O4. The summed E-state index contributed by atoms with van der Waals surface area (Å²) in [5.41, 5.74) is 0. The zero-order chi connectivity index (χ0) is 12.4. The Labute approximate surface area is 96.6 Å². The molecule has 0 saturated carbocycles. The molecule has 0 spiro atoms. The van der Waals surface area contributed by atoms with Gasteiger partial charge in [-0.15, -0.1) is 10.1 Å². The lowest BCUT2D eigenvalue weighted by atomic mass is 10.1. The molecule has 1 rings (SSSR count). The van der Waals surface area contributed by atoms with E-state index in [0.717, 1.165) is 32.5 Å². The van der Waals surface area contributed by atoms with Gasteiger partial charge < -0.3 is 14.5 Å². The van der Waals surface area contributed by atoms with Crippen molar-refractivity contribution >= 4 is 0 Å². The van der Waals surface area contributed by atoms with Gasteiger partial charge in [0.15, 0.2) is 0 Å². The third-order valence-corrected chi connectivity index (χ3v) is 2.38. The summed E-state index contributed by atoms with van der Waals surface area (Å²) in [5.74, 6) is 0. The number of piperidine rings is 1. The maximum atomic E-state index is 10.1. The Morgan fingerprint density at radius 1 is 1.38 bits per heavy atom. The number of ether oxygens (including phenoxy) is 1. The number of rotatable bonds is 5. The highest BCUT2D eigenvalue weighted by molar-refractivity contribution is 4.71. The van der Waals surface area contributed by atoms with Gasteiger partial charge in [-0.1, -0.05) is 13.8 Å². The SMILES string of the molecule is CC.COCCN1CCC(O[N+](=O)[O-])CC1. The summed E-state index contributed by atoms with van der Waals surface area (Å²) in [4.78, 5) is 16.8. The molecule has 0 aromatic rings. The first-order valence-corrected chi connectivity index (χ1v) is 5.75. The molecule has 1 heterocycles. The van der Waals surface area contributed by atoms with Crippen LogP contribution in [0.5, 0.6) is 0 Å². The second-order valence-corrected chi connectivity index (χ2v) is 3.36. The zero-order valence-electron chi connectivity index (χ0n) is 10.3. The number of methoxy groups -OCH3 is 1. The predicted molar refractivity (Wildman–Crippen MR) is 60.8 cm³/mol. The van der Waals surface area contributed by atoms with Crippen LogP contribution in [0, 0.1) is 10.1 Å². The predicted octanol–water partition coefficient (Wildman–Crippen LogP) is 1.33. The second-order valence-electron chi connectivity index (χ2n) is 3.36. The fourth-order valence-electron chi connectivity index (χ4n) is 1.58. The number of likely N-dealkylation sites (tertiary alicyclic amines) is 1. The van der Waals surface area contributed by atoms with Crippen LogP contribution in [0.4, 0.5) is 0 Å². The van der Waals surface area contributed by atoms with E-state index < -0.39 is 5.09 Å². The van der Waals surface area contributed by atoms with E-state index >= 15 is 0 Å². The molecule has 0 aromatic heterocycles. The molecule has 1 aliphatic rings. The van der Waals surface area contributed by atoms with Crippen molar-refractivity contribution in [3.63, 3.8) is 0 Å². The van der Waals surface area contributed by atoms with Crippen molar-refractivity contribution in [3.05, 3.63) is 10.1 Å². The molecule has 6 heteroatoms. The van der Waals surface area contributed by atoms with E-state index in [1.54, 1.807) is 7.11 Å². The molecule has 96 valence electrons. The topological polar surface area (TPSA) is 64.8 Å². The average Bonchev–Trinajstić information content (AvgIpc) is 2.30. The van der Waals surface area contributed by atoms with Gasteiger partial charge in [-0.3, -0.25) is 0 Å². The average molecular weight is 234 g/mol. The standard InChI is InChI=1S/C8H16N2O4.C2H6/c1-13-7-6-9-4-2-8(3-5-9)14-10(11)12;1-2/h8H,2-7H2,1H3;1-2H3. The Morgan fingerprint density at radius 3 is 2.38 bits per heavy atom. The summed E-state index contributed by atoms with van der Waals surface area (Å²) in [5, 5.41) is 9.37. The van der Waals surface area contributed by atoms with Gasteiger partial charge in [0.2, 0.25) is 0 Å². The van der Waals surface area contributed by atoms with E-state index in [0.29, 0.717) is 6.61 Å². The summed E-state index contributed by atoms with van der Waals surface area (Å²) < 4.78 is 4.95. The molecule has 0 radical (unpaired) electrons. The van der Waals surface area contributed by atoms with Crippen LogP contribution >= 0.6 is 0 Å². The Kier molecular flexibility index (Phi) is 8.84. The van der Waals surface area contributed by atoms with E-state index in [-0.39, 0.29) is 6.10 Å². The molecular weight excluding hydrogens is 212 g/mol. The fourth-order valence-corrected chi connectivity index (χ4v) is 1.58. The van der Waals surface area contributed by atoms with Gasteiger partial charge in [0.25, 0.3) is 5.09 Å². The Morgan fingerprint density at radius 2 is 1.94 bits per heavy atom. The quantitative estimate of drug-likeness (QED) is 0.530. The molecule has 1 aliphatic heterocycles. The summed E-state index contributed by atoms with van der Waals surface area (Å²) in [6, 6.07) is 0. The normalized spacial score (nSPS) is 17.4. The van der Waals surface area contributed by atoms with Gasteiger partial charge in [-0.05, 0) is 12.8 Å². The highest BCUT2D eigenvalue weighted by atomic mass is 17.0. The summed E-state index contributed by atoms with van der Waals surface area (Å²) in [6.07, 6.45) is 1.24. The second kappa shape index (κ2) is 9.35. The number of nitrogens with zero attached hydrogens (tertiary/aromatic N) is 2. The maximum absolute atomic E-state index is 10.1. The third-order valence-electron chi connectivity index (χ3n) is 2.38. The van der Waals surface area contributed by atoms with Crippen LogP contribution in [-0.4, -0.2) is 49.4 Å². The van der Waals surface area contributed by atoms with Crippen LogP contribution < -0.4 is 0 Å². The molecule has 0 aliphatic carbocycles. The van der Waals surface area contributed by atoms with Crippen molar-refractivity contribution < 1.29 is 14.7 Å². The lowest BCUT2D eigenvalue weighted by Crippen LogP contribution is -2.39. The van der Waals surface area contributed by atoms with Gasteiger partial charge >= 0.3 is 0 Å². The maximum Gasteiger partial charge on any atom is 0.294 e. The van der Waals surface area contributed by atoms with Crippen LogP contribution in [0.25, 0.3) is 0 Å². The molecule has 1 saturated heterocycles. The minimum atomic E-state index is -0.699. The molecule has 0 atom stereocenters. The monoisotopic (exact) mass is 234 g/mol. The molecule has 0 aromatic carbocycles. The van der Waals surface area contributed by atoms with Gasteiger partial charge in [-0.25, -0.2) is 0 Å². The van der Waals surface area contributed by atoms with Gasteiger partial charge in [0.1, 0.15) is 6.10 Å².